The number of nitrogens with one attached hydrogen (secondary N) is 2. The van der Waals surface area contributed by atoms with E-state index in [1.165, 1.54) is 17.7 Å². The molecule has 142 valence electrons. The van der Waals surface area contributed by atoms with Gasteiger partial charge in [0.25, 0.3) is 0 Å². The van der Waals surface area contributed by atoms with E-state index in [1.54, 1.807) is 23.9 Å². The summed E-state index contributed by atoms with van der Waals surface area (Å²) < 4.78 is 0.0808. The normalized spacial score (nSPS) is 16.9. The number of fused-ring (bicyclic) bond motifs is 1. The van der Waals surface area contributed by atoms with E-state index in [-0.39, 0.29) is 21.8 Å². The third-order valence-electron chi connectivity index (χ3n) is 4.63. The summed E-state index contributed by atoms with van der Waals surface area (Å²) in [6.07, 6.45) is 1.06. The maximum Gasteiger partial charge on any atom is 0.335 e. The van der Waals surface area contributed by atoms with Gasteiger partial charge in [0, 0.05) is 15.3 Å². The minimum absolute atomic E-state index is 0.0327. The molecule has 3 rings (SSSR count). The molecule has 0 radical (unpaired) electrons. The molecular formula is C21H24N2O3S. The Bertz CT molecular complexity index is 889. The molecule has 1 aliphatic rings. The fraction of sp³-hybridized carbons (Fsp3) is 0.333. The minimum atomic E-state index is -0.996. The third kappa shape index (κ3) is 4.27. The maximum atomic E-state index is 12.5. The van der Waals surface area contributed by atoms with E-state index in [1.807, 2.05) is 12.1 Å². The molecule has 27 heavy (non-hydrogen) atoms. The number of carboxylic acids is 1. The van der Waals surface area contributed by atoms with Crippen LogP contribution in [0.5, 0.6) is 0 Å². The fourth-order valence-electron chi connectivity index (χ4n) is 3.73. The number of anilines is 2. The Morgan fingerprint density at radius 1 is 1.00 bits per heavy atom. The smallest absolute Gasteiger partial charge is 0.335 e. The monoisotopic (exact) mass is 384 g/mol. The van der Waals surface area contributed by atoms with Gasteiger partial charge in [-0.2, -0.15) is 0 Å². The molecule has 3 N–H and O–H groups in total. The van der Waals surface area contributed by atoms with Crippen molar-refractivity contribution in [2.45, 2.75) is 49.2 Å². The van der Waals surface area contributed by atoms with Crippen molar-refractivity contribution in [2.24, 2.45) is 0 Å². The fourth-order valence-corrected chi connectivity index (χ4v) is 5.40. The average Bonchev–Trinajstić information content (AvgIpc) is 2.54. The van der Waals surface area contributed by atoms with Crippen LogP contribution < -0.4 is 10.6 Å². The molecule has 0 saturated carbocycles. The summed E-state index contributed by atoms with van der Waals surface area (Å²) in [5, 5.41) is 14.6. The molecule has 1 aliphatic heterocycles. The first kappa shape index (κ1) is 19.3. The van der Waals surface area contributed by atoms with E-state index in [0.717, 1.165) is 17.0 Å². The maximum absolute atomic E-state index is 12.5. The highest BCUT2D eigenvalue weighted by molar-refractivity contribution is 8.00. The van der Waals surface area contributed by atoms with Gasteiger partial charge in [-0.1, -0.05) is 39.8 Å². The van der Waals surface area contributed by atoms with Crippen molar-refractivity contribution in [3.8, 4) is 0 Å². The average molecular weight is 385 g/mol. The lowest BCUT2D eigenvalue weighted by Crippen LogP contribution is -2.34. The van der Waals surface area contributed by atoms with E-state index in [9.17, 15) is 9.59 Å². The second-order valence-corrected chi connectivity index (χ2v) is 9.78. The van der Waals surface area contributed by atoms with E-state index < -0.39 is 5.97 Å². The summed E-state index contributed by atoms with van der Waals surface area (Å²) in [6, 6.07) is 11.7. The van der Waals surface area contributed by atoms with Crippen LogP contribution in [-0.4, -0.2) is 21.9 Å². The Morgan fingerprint density at radius 2 is 1.67 bits per heavy atom. The van der Waals surface area contributed by atoms with Crippen LogP contribution in [0.1, 0.15) is 50.0 Å². The van der Waals surface area contributed by atoms with Crippen molar-refractivity contribution in [1.29, 1.82) is 0 Å². The van der Waals surface area contributed by atoms with Crippen LogP contribution in [-0.2, 0) is 5.41 Å². The zero-order chi connectivity index (χ0) is 19.8. The van der Waals surface area contributed by atoms with Crippen molar-refractivity contribution >= 4 is 35.1 Å². The zero-order valence-electron chi connectivity index (χ0n) is 15.9. The van der Waals surface area contributed by atoms with Gasteiger partial charge in [0.05, 0.1) is 11.3 Å². The molecule has 6 heteroatoms. The van der Waals surface area contributed by atoms with Gasteiger partial charge in [0.1, 0.15) is 0 Å². The Hall–Kier alpha value is -2.47. The molecule has 0 aliphatic carbocycles. The molecule has 0 fully saturated rings. The van der Waals surface area contributed by atoms with Crippen LogP contribution in [0.4, 0.5) is 16.2 Å². The number of benzene rings is 2. The van der Waals surface area contributed by atoms with Gasteiger partial charge >= 0.3 is 12.0 Å². The third-order valence-corrected chi connectivity index (χ3v) is 5.97. The number of urea groups is 1. The first-order chi connectivity index (χ1) is 12.6. The number of carbonyl (C=O) groups is 2. The number of amides is 2. The zero-order valence-corrected chi connectivity index (χ0v) is 16.7. The molecule has 0 saturated heterocycles. The van der Waals surface area contributed by atoms with Crippen LogP contribution in [0.15, 0.2) is 47.4 Å². The highest BCUT2D eigenvalue weighted by atomic mass is 32.2. The largest absolute Gasteiger partial charge is 0.478 e. The van der Waals surface area contributed by atoms with Gasteiger partial charge in [-0.15, -0.1) is 11.8 Å². The van der Waals surface area contributed by atoms with Crippen LogP contribution in [0.3, 0.4) is 0 Å². The summed E-state index contributed by atoms with van der Waals surface area (Å²) in [5.41, 5.74) is 2.79. The first-order valence-electron chi connectivity index (χ1n) is 8.81. The van der Waals surface area contributed by atoms with Gasteiger partial charge in [-0.25, -0.2) is 9.59 Å². The molecule has 2 amide bonds. The molecule has 0 aromatic heterocycles. The Morgan fingerprint density at radius 3 is 2.30 bits per heavy atom. The number of aromatic carboxylic acids is 1. The van der Waals surface area contributed by atoms with Gasteiger partial charge in [-0.3, -0.25) is 0 Å². The highest BCUT2D eigenvalue weighted by Crippen LogP contribution is 2.53. The topological polar surface area (TPSA) is 78.4 Å². The van der Waals surface area contributed by atoms with Gasteiger partial charge < -0.3 is 15.7 Å². The van der Waals surface area contributed by atoms with Gasteiger partial charge in [-0.05, 0) is 47.7 Å². The van der Waals surface area contributed by atoms with Crippen LogP contribution in [0, 0.1) is 0 Å². The number of hydrogen-bond donors (Lipinski definition) is 3. The SMILES string of the molecule is CC1(C)CC(C)(C)c2cccc(NC(=O)Nc3ccc(C(=O)O)cc3)c2S1. The summed E-state index contributed by atoms with van der Waals surface area (Å²) in [4.78, 5) is 24.5. The van der Waals surface area contributed by atoms with Crippen molar-refractivity contribution in [2.75, 3.05) is 10.6 Å². The Kier molecular flexibility index (Phi) is 4.95. The molecule has 0 unspecified atom stereocenters. The molecule has 2 aromatic rings. The number of hydrogen-bond acceptors (Lipinski definition) is 3. The molecule has 0 spiro atoms. The van der Waals surface area contributed by atoms with E-state index in [0.29, 0.717) is 5.69 Å². The van der Waals surface area contributed by atoms with Crippen molar-refractivity contribution < 1.29 is 14.7 Å². The molecule has 5 nitrogen and oxygen atoms in total. The lowest BCUT2D eigenvalue weighted by molar-refractivity contribution is 0.0697. The van der Waals surface area contributed by atoms with Crippen molar-refractivity contribution in [3.63, 3.8) is 0 Å². The van der Waals surface area contributed by atoms with Gasteiger partial charge in [0.2, 0.25) is 0 Å². The summed E-state index contributed by atoms with van der Waals surface area (Å²) in [6.45, 7) is 8.93. The molecule has 0 bridgehead atoms. The quantitative estimate of drug-likeness (QED) is 0.645. The Labute approximate surface area is 163 Å². The second kappa shape index (κ2) is 6.93. The minimum Gasteiger partial charge on any atom is -0.478 e. The van der Waals surface area contributed by atoms with Crippen LogP contribution in [0.2, 0.25) is 0 Å². The Balaban J connectivity index is 1.80. The predicted molar refractivity (Wildman–Crippen MR) is 110 cm³/mol. The first-order valence-corrected chi connectivity index (χ1v) is 9.63. The second-order valence-electron chi connectivity index (χ2n) is 8.07. The molecule has 1 heterocycles. The summed E-state index contributed by atoms with van der Waals surface area (Å²) >= 11 is 1.79. The summed E-state index contributed by atoms with van der Waals surface area (Å²) in [7, 11) is 0. The number of thioether (sulfide) groups is 1. The van der Waals surface area contributed by atoms with E-state index in [2.05, 4.69) is 44.4 Å². The molecule has 0 atom stereocenters. The molecule has 2 aromatic carbocycles. The van der Waals surface area contributed by atoms with Crippen molar-refractivity contribution in [3.05, 3.63) is 53.6 Å². The summed E-state index contributed by atoms with van der Waals surface area (Å²) in [5.74, 6) is -0.996. The molecular weight excluding hydrogens is 360 g/mol. The van der Waals surface area contributed by atoms with Crippen LogP contribution >= 0.6 is 11.8 Å². The predicted octanol–water partition coefficient (Wildman–Crippen LogP) is 5.58. The van der Waals surface area contributed by atoms with Crippen LogP contribution in [0.25, 0.3) is 0 Å². The van der Waals surface area contributed by atoms with Gasteiger partial charge in [0.15, 0.2) is 0 Å². The standard InChI is InChI=1S/C21H24N2O3S/c1-20(2)12-21(3,4)27-17-15(20)6-5-7-16(17)23-19(26)22-14-10-8-13(9-11-14)18(24)25/h5-11H,12H2,1-4H3,(H,24,25)(H2,22,23,26). The number of carbonyl (C=O) groups excluding carboxylic acids is 1. The van der Waals surface area contributed by atoms with E-state index in [4.69, 9.17) is 5.11 Å². The number of rotatable bonds is 3. The lowest BCUT2D eigenvalue weighted by atomic mass is 9.77. The van der Waals surface area contributed by atoms with E-state index >= 15 is 0 Å². The number of carboxylic acid groups (broad SMARTS) is 1. The van der Waals surface area contributed by atoms with Crippen molar-refractivity contribution in [1.82, 2.24) is 0 Å². The highest BCUT2D eigenvalue weighted by Gasteiger charge is 2.39. The lowest BCUT2D eigenvalue weighted by Gasteiger charge is -2.42.